The number of benzene rings is 2. The van der Waals surface area contributed by atoms with E-state index in [1.165, 1.54) is 18.3 Å². The molecular weight excluding hydrogens is 452 g/mol. The maximum absolute atomic E-state index is 15.1. The zero-order valence-electron chi connectivity index (χ0n) is 17.4. The van der Waals surface area contributed by atoms with Crippen LogP contribution in [0.4, 0.5) is 14.5 Å². The number of hydrogen-bond donors (Lipinski definition) is 3. The summed E-state index contributed by atoms with van der Waals surface area (Å²) >= 11 is 0. The zero-order chi connectivity index (χ0) is 23.8. The van der Waals surface area contributed by atoms with E-state index in [9.17, 15) is 22.7 Å². The molecule has 0 bridgehead atoms. The van der Waals surface area contributed by atoms with Gasteiger partial charge >= 0.3 is 0 Å². The van der Waals surface area contributed by atoms with Gasteiger partial charge in [-0.1, -0.05) is 19.1 Å². The molecule has 4 aromatic rings. The number of carbonyl (C=O) groups excluding carboxylic acids is 1. The van der Waals surface area contributed by atoms with Gasteiger partial charge in [0.25, 0.3) is 0 Å². The Balaban J connectivity index is 1.78. The first-order valence-electron chi connectivity index (χ1n) is 10.00. The Morgan fingerprint density at radius 3 is 2.55 bits per heavy atom. The molecule has 2 aromatic heterocycles. The summed E-state index contributed by atoms with van der Waals surface area (Å²) in [6.45, 7) is 1.65. The van der Waals surface area contributed by atoms with Gasteiger partial charge in [-0.2, -0.15) is 0 Å². The van der Waals surface area contributed by atoms with Crippen LogP contribution in [-0.2, 0) is 10.0 Å². The number of fused-ring (bicyclic) bond motifs is 1. The lowest BCUT2D eigenvalue weighted by atomic mass is 10.00. The molecule has 0 unspecified atom stereocenters. The highest BCUT2D eigenvalue weighted by molar-refractivity contribution is 7.92. The van der Waals surface area contributed by atoms with Gasteiger partial charge in [0, 0.05) is 28.9 Å². The van der Waals surface area contributed by atoms with Crippen molar-refractivity contribution in [1.82, 2.24) is 9.97 Å². The molecule has 3 N–H and O–H groups in total. The van der Waals surface area contributed by atoms with Gasteiger partial charge in [0.2, 0.25) is 15.8 Å². The summed E-state index contributed by atoms with van der Waals surface area (Å²) in [5.74, 6) is -3.53. The van der Waals surface area contributed by atoms with Gasteiger partial charge < -0.3 is 10.1 Å². The van der Waals surface area contributed by atoms with Gasteiger partial charge in [-0.25, -0.2) is 22.2 Å². The van der Waals surface area contributed by atoms with Gasteiger partial charge in [-0.05, 0) is 42.3 Å². The molecule has 7 nitrogen and oxygen atoms in total. The fraction of sp³-hybridized carbons (Fsp3) is 0.130. The van der Waals surface area contributed by atoms with Crippen LogP contribution in [0.25, 0.3) is 22.2 Å². The number of aromatic hydroxyl groups is 1. The van der Waals surface area contributed by atoms with E-state index in [0.717, 1.165) is 12.1 Å². The molecule has 0 saturated carbocycles. The lowest BCUT2D eigenvalue weighted by Gasteiger charge is -2.11. The number of H-pyrrole nitrogens is 1. The molecule has 2 heterocycles. The lowest BCUT2D eigenvalue weighted by molar-refractivity contribution is 0.103. The Kier molecular flexibility index (Phi) is 5.86. The Labute approximate surface area is 188 Å². The van der Waals surface area contributed by atoms with E-state index in [4.69, 9.17) is 0 Å². The second-order valence-electron chi connectivity index (χ2n) is 7.40. The summed E-state index contributed by atoms with van der Waals surface area (Å²) in [4.78, 5) is 20.2. The van der Waals surface area contributed by atoms with Crippen LogP contribution < -0.4 is 4.72 Å². The number of ketones is 1. The maximum Gasteiger partial charge on any atom is 0.232 e. The van der Waals surface area contributed by atoms with E-state index < -0.39 is 38.7 Å². The van der Waals surface area contributed by atoms with Crippen molar-refractivity contribution >= 4 is 32.5 Å². The quantitative estimate of drug-likeness (QED) is 0.341. The minimum Gasteiger partial charge on any atom is -0.508 e. The van der Waals surface area contributed by atoms with Crippen LogP contribution in [0.2, 0.25) is 0 Å². The van der Waals surface area contributed by atoms with Crippen molar-refractivity contribution in [2.45, 2.75) is 13.3 Å². The number of rotatable bonds is 7. The number of carbonyl (C=O) groups is 1. The first-order valence-corrected chi connectivity index (χ1v) is 11.6. The molecule has 33 heavy (non-hydrogen) atoms. The van der Waals surface area contributed by atoms with Gasteiger partial charge in [-0.3, -0.25) is 9.52 Å². The van der Waals surface area contributed by atoms with Crippen molar-refractivity contribution in [1.29, 1.82) is 0 Å². The summed E-state index contributed by atoms with van der Waals surface area (Å²) in [6.07, 6.45) is 3.16. The molecule has 0 aliphatic carbocycles. The fourth-order valence-corrected chi connectivity index (χ4v) is 4.60. The van der Waals surface area contributed by atoms with E-state index in [1.807, 2.05) is 0 Å². The van der Waals surface area contributed by atoms with Crippen LogP contribution >= 0.6 is 0 Å². The fourth-order valence-electron chi connectivity index (χ4n) is 3.46. The molecule has 0 aliphatic rings. The second kappa shape index (κ2) is 8.62. The number of sulfonamides is 1. The molecule has 4 rings (SSSR count). The largest absolute Gasteiger partial charge is 0.508 e. The molecule has 0 aliphatic heterocycles. The van der Waals surface area contributed by atoms with E-state index in [2.05, 4.69) is 14.7 Å². The van der Waals surface area contributed by atoms with Gasteiger partial charge in [0.15, 0.2) is 5.82 Å². The summed E-state index contributed by atoms with van der Waals surface area (Å²) in [5, 5.41) is 9.82. The first kappa shape index (κ1) is 22.4. The van der Waals surface area contributed by atoms with E-state index in [-0.39, 0.29) is 17.1 Å². The number of phenols is 1. The van der Waals surface area contributed by atoms with Crippen molar-refractivity contribution in [3.63, 3.8) is 0 Å². The van der Waals surface area contributed by atoms with E-state index in [1.54, 1.807) is 31.3 Å². The Bertz CT molecular complexity index is 1470. The monoisotopic (exact) mass is 471 g/mol. The third kappa shape index (κ3) is 4.42. The van der Waals surface area contributed by atoms with Crippen LogP contribution in [0.5, 0.6) is 5.75 Å². The molecule has 0 amide bonds. The third-order valence-electron chi connectivity index (χ3n) is 5.03. The molecule has 0 atom stereocenters. The number of halogens is 2. The second-order valence-corrected chi connectivity index (χ2v) is 9.25. The predicted octanol–water partition coefficient (Wildman–Crippen LogP) is 4.60. The maximum atomic E-state index is 15.1. The van der Waals surface area contributed by atoms with Crippen LogP contribution in [0, 0.1) is 11.6 Å². The average molecular weight is 471 g/mol. The molecule has 0 radical (unpaired) electrons. The summed E-state index contributed by atoms with van der Waals surface area (Å²) in [7, 11) is -3.85. The average Bonchev–Trinajstić information content (AvgIpc) is 3.19. The van der Waals surface area contributed by atoms with Crippen LogP contribution in [0.15, 0.2) is 54.9 Å². The normalized spacial score (nSPS) is 11.6. The van der Waals surface area contributed by atoms with Crippen molar-refractivity contribution in [2.24, 2.45) is 0 Å². The summed E-state index contributed by atoms with van der Waals surface area (Å²) in [5.41, 5.74) is 0.272. The number of hydrogen-bond acceptors (Lipinski definition) is 5. The Morgan fingerprint density at radius 2 is 1.85 bits per heavy atom. The molecular formula is C23H19F2N3O4S. The molecule has 0 saturated heterocycles. The number of nitrogens with one attached hydrogen (secondary N) is 2. The number of nitrogens with zero attached hydrogens (tertiary/aromatic N) is 1. The molecule has 170 valence electrons. The van der Waals surface area contributed by atoms with Crippen molar-refractivity contribution in [3.8, 4) is 16.9 Å². The van der Waals surface area contributed by atoms with Gasteiger partial charge in [0.1, 0.15) is 17.2 Å². The van der Waals surface area contributed by atoms with E-state index >= 15 is 4.39 Å². The zero-order valence-corrected chi connectivity index (χ0v) is 18.2. The van der Waals surface area contributed by atoms with Crippen molar-refractivity contribution in [3.05, 3.63) is 77.6 Å². The number of phenolic OH excluding ortho intramolecular Hbond substituents is 1. The highest BCUT2D eigenvalue weighted by Crippen LogP contribution is 2.30. The summed E-state index contributed by atoms with van der Waals surface area (Å²) < 4.78 is 55.8. The minimum absolute atomic E-state index is 0.0236. The van der Waals surface area contributed by atoms with Gasteiger partial charge in [-0.15, -0.1) is 0 Å². The topological polar surface area (TPSA) is 112 Å². The number of anilines is 1. The SMILES string of the molecule is CCCS(=O)(=O)Nc1ccc(F)c(C(=O)c2c[nH]c3ncc(-c4ccc(O)cc4)cc23)c1F. The van der Waals surface area contributed by atoms with Crippen LogP contribution in [-0.4, -0.2) is 35.0 Å². The van der Waals surface area contributed by atoms with Crippen LogP contribution in [0.1, 0.15) is 29.3 Å². The van der Waals surface area contributed by atoms with Gasteiger partial charge in [0.05, 0.1) is 17.0 Å². The minimum atomic E-state index is -3.85. The first-order chi connectivity index (χ1) is 15.7. The molecule has 0 fully saturated rings. The van der Waals surface area contributed by atoms with E-state index in [0.29, 0.717) is 28.6 Å². The van der Waals surface area contributed by atoms with Crippen LogP contribution in [0.3, 0.4) is 0 Å². The number of aromatic nitrogens is 2. The standard InChI is InChI=1S/C23H19F2N3O4S/c1-2-9-33(31,32)28-19-8-7-18(24)20(21(19)25)22(30)17-12-27-23-16(17)10-14(11-26-23)13-3-5-15(29)6-4-13/h3-8,10-12,28-29H,2,9H2,1H3,(H,26,27). The third-order valence-corrected chi connectivity index (χ3v) is 6.51. The molecule has 10 heteroatoms. The van der Waals surface area contributed by atoms with Crippen molar-refractivity contribution < 1.29 is 27.1 Å². The number of pyridine rings is 1. The predicted molar refractivity (Wildman–Crippen MR) is 121 cm³/mol. The highest BCUT2D eigenvalue weighted by Gasteiger charge is 2.26. The summed E-state index contributed by atoms with van der Waals surface area (Å²) in [6, 6.07) is 9.75. The molecule has 0 spiro atoms. The lowest BCUT2D eigenvalue weighted by Crippen LogP contribution is -2.18. The Hall–Kier alpha value is -3.79. The smallest absolute Gasteiger partial charge is 0.232 e. The highest BCUT2D eigenvalue weighted by atomic mass is 32.2. The molecule has 2 aromatic carbocycles. The van der Waals surface area contributed by atoms with Crippen molar-refractivity contribution in [2.75, 3.05) is 10.5 Å². The Morgan fingerprint density at radius 1 is 1.12 bits per heavy atom. The number of aromatic amines is 1.